The molecule has 2 aromatic rings. The maximum absolute atomic E-state index is 8.84. The van der Waals surface area contributed by atoms with Gasteiger partial charge in [-0.05, 0) is 32.0 Å². The molecule has 0 aliphatic carbocycles. The Bertz CT molecular complexity index is 557. The van der Waals surface area contributed by atoms with Gasteiger partial charge in [-0.25, -0.2) is 9.97 Å². The van der Waals surface area contributed by atoms with Crippen LogP contribution in [-0.4, -0.2) is 16.0 Å². The largest absolute Gasteiger partial charge is 0.469 e. The van der Waals surface area contributed by atoms with E-state index < -0.39 is 0 Å². The number of furan rings is 1. The number of nitrogens with one attached hydrogen (secondary N) is 1. The second kappa shape index (κ2) is 5.32. The van der Waals surface area contributed by atoms with E-state index in [4.69, 9.17) is 9.68 Å². The molecule has 5 nitrogen and oxygen atoms in total. The molecular formula is C13H14N4O. The van der Waals surface area contributed by atoms with Gasteiger partial charge in [-0.3, -0.25) is 0 Å². The second-order valence-electron chi connectivity index (χ2n) is 4.16. The predicted molar refractivity (Wildman–Crippen MR) is 67.0 cm³/mol. The van der Waals surface area contributed by atoms with Crippen LogP contribution in [0.15, 0.2) is 28.9 Å². The zero-order valence-corrected chi connectivity index (χ0v) is 10.3. The van der Waals surface area contributed by atoms with E-state index >= 15 is 0 Å². The van der Waals surface area contributed by atoms with Gasteiger partial charge >= 0.3 is 0 Å². The molecule has 0 aromatic carbocycles. The van der Waals surface area contributed by atoms with E-state index in [9.17, 15) is 0 Å². The molecule has 0 radical (unpaired) electrons. The van der Waals surface area contributed by atoms with E-state index in [2.05, 4.69) is 15.3 Å². The zero-order chi connectivity index (χ0) is 13.0. The van der Waals surface area contributed by atoms with Crippen molar-refractivity contribution in [2.45, 2.75) is 26.3 Å². The Morgan fingerprint density at radius 2 is 2.33 bits per heavy atom. The van der Waals surface area contributed by atoms with Gasteiger partial charge in [0, 0.05) is 18.2 Å². The molecule has 2 heterocycles. The number of aromatic nitrogens is 2. The Hall–Kier alpha value is -2.35. The molecule has 0 aliphatic heterocycles. The summed E-state index contributed by atoms with van der Waals surface area (Å²) in [4.78, 5) is 8.35. The number of rotatable bonds is 4. The maximum atomic E-state index is 8.84. The Morgan fingerprint density at radius 1 is 1.50 bits per heavy atom. The average molecular weight is 242 g/mol. The van der Waals surface area contributed by atoms with Crippen LogP contribution in [0.1, 0.15) is 24.1 Å². The van der Waals surface area contributed by atoms with Crippen LogP contribution in [0.4, 0.5) is 5.95 Å². The van der Waals surface area contributed by atoms with Crippen LogP contribution < -0.4 is 5.32 Å². The quantitative estimate of drug-likeness (QED) is 0.890. The molecule has 0 amide bonds. The summed E-state index contributed by atoms with van der Waals surface area (Å²) >= 11 is 0. The van der Waals surface area contributed by atoms with Gasteiger partial charge < -0.3 is 9.73 Å². The van der Waals surface area contributed by atoms with Crippen molar-refractivity contribution in [3.05, 3.63) is 41.6 Å². The standard InChI is InChI=1S/C13H14N4O/c1-9-6-11(8-14)17-13(15-9)16-10(2)7-12-4-3-5-18-12/h3-6,10H,7H2,1-2H3,(H,15,16,17). The fourth-order valence-corrected chi connectivity index (χ4v) is 1.69. The van der Waals surface area contributed by atoms with Crippen LogP contribution >= 0.6 is 0 Å². The van der Waals surface area contributed by atoms with E-state index in [1.54, 1.807) is 12.3 Å². The number of aryl methyl sites for hydroxylation is 1. The van der Waals surface area contributed by atoms with Crippen molar-refractivity contribution in [1.29, 1.82) is 5.26 Å². The first-order valence-electron chi connectivity index (χ1n) is 5.72. The number of anilines is 1. The molecular weight excluding hydrogens is 228 g/mol. The minimum absolute atomic E-state index is 0.129. The highest BCUT2D eigenvalue weighted by molar-refractivity contribution is 5.33. The monoisotopic (exact) mass is 242 g/mol. The van der Waals surface area contributed by atoms with E-state index in [0.717, 1.165) is 17.9 Å². The molecule has 5 heteroatoms. The first kappa shape index (κ1) is 12.1. The normalized spacial score (nSPS) is 11.8. The van der Waals surface area contributed by atoms with Crippen molar-refractivity contribution in [2.75, 3.05) is 5.32 Å². The van der Waals surface area contributed by atoms with Crippen LogP contribution in [-0.2, 0) is 6.42 Å². The topological polar surface area (TPSA) is 74.7 Å². The summed E-state index contributed by atoms with van der Waals surface area (Å²) in [5.41, 5.74) is 1.14. The Morgan fingerprint density at radius 3 is 3.00 bits per heavy atom. The fraction of sp³-hybridized carbons (Fsp3) is 0.308. The van der Waals surface area contributed by atoms with Crippen molar-refractivity contribution in [3.63, 3.8) is 0 Å². The minimum Gasteiger partial charge on any atom is -0.469 e. The predicted octanol–water partition coefficient (Wildman–Crippen LogP) is 2.29. The Balaban J connectivity index is 2.05. The molecule has 0 spiro atoms. The van der Waals surface area contributed by atoms with Gasteiger partial charge in [0.15, 0.2) is 0 Å². The number of hydrogen-bond acceptors (Lipinski definition) is 5. The lowest BCUT2D eigenvalue weighted by Gasteiger charge is -2.12. The summed E-state index contributed by atoms with van der Waals surface area (Å²) < 4.78 is 5.28. The van der Waals surface area contributed by atoms with Crippen LogP contribution in [0.5, 0.6) is 0 Å². The molecule has 0 fully saturated rings. The molecule has 0 saturated carbocycles. The van der Waals surface area contributed by atoms with Crippen LogP contribution in [0.2, 0.25) is 0 Å². The smallest absolute Gasteiger partial charge is 0.224 e. The lowest BCUT2D eigenvalue weighted by atomic mass is 10.2. The van der Waals surface area contributed by atoms with Crippen molar-refractivity contribution in [1.82, 2.24) is 9.97 Å². The van der Waals surface area contributed by atoms with E-state index in [0.29, 0.717) is 11.6 Å². The molecule has 1 N–H and O–H groups in total. The SMILES string of the molecule is Cc1cc(C#N)nc(NC(C)Cc2ccco2)n1. The summed E-state index contributed by atoms with van der Waals surface area (Å²) in [6, 6.07) is 7.59. The second-order valence-corrected chi connectivity index (χ2v) is 4.16. The molecule has 2 rings (SSSR count). The highest BCUT2D eigenvalue weighted by Crippen LogP contribution is 2.09. The summed E-state index contributed by atoms with van der Waals surface area (Å²) in [7, 11) is 0. The third-order valence-corrected chi connectivity index (χ3v) is 2.43. The van der Waals surface area contributed by atoms with Crippen molar-refractivity contribution < 1.29 is 4.42 Å². The molecule has 18 heavy (non-hydrogen) atoms. The Kier molecular flexibility index (Phi) is 3.58. The molecule has 1 atom stereocenters. The lowest BCUT2D eigenvalue weighted by Crippen LogP contribution is -2.20. The summed E-state index contributed by atoms with van der Waals surface area (Å²) in [6.07, 6.45) is 2.39. The summed E-state index contributed by atoms with van der Waals surface area (Å²) in [6.45, 7) is 3.85. The lowest BCUT2D eigenvalue weighted by molar-refractivity contribution is 0.497. The first-order valence-corrected chi connectivity index (χ1v) is 5.72. The van der Waals surface area contributed by atoms with Gasteiger partial charge in [0.1, 0.15) is 17.5 Å². The van der Waals surface area contributed by atoms with Gasteiger partial charge in [-0.1, -0.05) is 0 Å². The van der Waals surface area contributed by atoms with Crippen LogP contribution in [0.25, 0.3) is 0 Å². The van der Waals surface area contributed by atoms with Crippen molar-refractivity contribution in [3.8, 4) is 6.07 Å². The van der Waals surface area contributed by atoms with Gasteiger partial charge in [-0.15, -0.1) is 0 Å². The summed E-state index contributed by atoms with van der Waals surface area (Å²) in [5.74, 6) is 1.38. The van der Waals surface area contributed by atoms with Gasteiger partial charge in [0.05, 0.1) is 6.26 Å². The van der Waals surface area contributed by atoms with E-state index in [1.165, 1.54) is 0 Å². The third-order valence-electron chi connectivity index (χ3n) is 2.43. The first-order chi connectivity index (χ1) is 8.67. The number of nitrogens with zero attached hydrogens (tertiary/aromatic N) is 3. The van der Waals surface area contributed by atoms with E-state index in [-0.39, 0.29) is 6.04 Å². The minimum atomic E-state index is 0.129. The molecule has 0 aliphatic rings. The number of hydrogen-bond donors (Lipinski definition) is 1. The maximum Gasteiger partial charge on any atom is 0.224 e. The molecule has 92 valence electrons. The molecule has 0 bridgehead atoms. The average Bonchev–Trinajstić information content (AvgIpc) is 2.80. The van der Waals surface area contributed by atoms with Gasteiger partial charge in [0.25, 0.3) is 0 Å². The molecule has 2 aromatic heterocycles. The van der Waals surface area contributed by atoms with E-state index in [1.807, 2.05) is 32.0 Å². The molecule has 0 saturated heterocycles. The Labute approximate surface area is 105 Å². The summed E-state index contributed by atoms with van der Waals surface area (Å²) in [5, 5.41) is 12.0. The highest BCUT2D eigenvalue weighted by atomic mass is 16.3. The van der Waals surface area contributed by atoms with Crippen molar-refractivity contribution in [2.24, 2.45) is 0 Å². The van der Waals surface area contributed by atoms with Crippen LogP contribution in [0.3, 0.4) is 0 Å². The van der Waals surface area contributed by atoms with Crippen molar-refractivity contribution >= 4 is 5.95 Å². The molecule has 1 unspecified atom stereocenters. The van der Waals surface area contributed by atoms with Gasteiger partial charge in [0.2, 0.25) is 5.95 Å². The third kappa shape index (κ3) is 3.08. The van der Waals surface area contributed by atoms with Crippen LogP contribution in [0, 0.1) is 18.3 Å². The van der Waals surface area contributed by atoms with Gasteiger partial charge in [-0.2, -0.15) is 5.26 Å². The fourth-order valence-electron chi connectivity index (χ4n) is 1.69. The number of nitriles is 1. The zero-order valence-electron chi connectivity index (χ0n) is 10.3. The highest BCUT2D eigenvalue weighted by Gasteiger charge is 2.08.